The van der Waals surface area contributed by atoms with Gasteiger partial charge in [0.15, 0.2) is 0 Å². The van der Waals surface area contributed by atoms with Gasteiger partial charge in [0, 0.05) is 11.6 Å². The summed E-state index contributed by atoms with van der Waals surface area (Å²) < 4.78 is 1.16. The Morgan fingerprint density at radius 1 is 0.926 bits per heavy atom. The van der Waals surface area contributed by atoms with Crippen LogP contribution in [0.2, 0.25) is 0 Å². The second-order valence-corrected chi connectivity index (χ2v) is 7.04. The maximum Gasteiger partial charge on any atom is 0.274 e. The molecule has 2 atom stereocenters. The van der Waals surface area contributed by atoms with Crippen molar-refractivity contribution in [2.24, 2.45) is 11.8 Å². The minimum Gasteiger partial charge on any atom is -0.274 e. The minimum atomic E-state index is -0.353. The lowest BCUT2D eigenvalue weighted by Crippen LogP contribution is -2.32. The Kier molecular flexibility index (Phi) is 3.46. The van der Waals surface area contributed by atoms with Gasteiger partial charge in [0.25, 0.3) is 11.3 Å². The van der Waals surface area contributed by atoms with Gasteiger partial charge < -0.3 is 0 Å². The lowest BCUT2D eigenvalue weighted by Gasteiger charge is -2.19. The molecule has 5 rings (SSSR count). The van der Waals surface area contributed by atoms with E-state index in [2.05, 4.69) is 15.1 Å². The number of H-pyrrole nitrogens is 1. The smallest absolute Gasteiger partial charge is 0.274 e. The minimum absolute atomic E-state index is 0.0641. The van der Waals surface area contributed by atoms with Gasteiger partial charge in [-0.25, -0.2) is 9.88 Å². The number of aromatic nitrogens is 4. The number of fused-ring (bicyclic) bond motifs is 2. The highest BCUT2D eigenvalue weighted by molar-refractivity contribution is 6.21. The summed E-state index contributed by atoms with van der Waals surface area (Å²) in [7, 11) is 0. The Morgan fingerprint density at radius 2 is 1.59 bits per heavy atom. The zero-order valence-electron chi connectivity index (χ0n) is 14.5. The molecule has 0 unspecified atom stereocenters. The number of aromatic amines is 1. The summed E-state index contributed by atoms with van der Waals surface area (Å²) in [5, 5.41) is 2.77. The SMILES string of the molecule is O=C1[C@H]2CCCC[C@@H]2C(=O)N1c1nc2nc(-c3ccccc3)cc(=O)n2[nH]1. The molecule has 1 aliphatic carbocycles. The van der Waals surface area contributed by atoms with Crippen molar-refractivity contribution >= 4 is 23.5 Å². The molecule has 8 heteroatoms. The number of benzene rings is 1. The molecule has 2 aliphatic rings. The number of hydrogen-bond donors (Lipinski definition) is 1. The first kappa shape index (κ1) is 15.9. The van der Waals surface area contributed by atoms with Crippen LogP contribution in [-0.2, 0) is 9.59 Å². The third-order valence-corrected chi connectivity index (χ3v) is 5.44. The number of rotatable bonds is 2. The molecule has 27 heavy (non-hydrogen) atoms. The number of hydrogen-bond acceptors (Lipinski definition) is 5. The van der Waals surface area contributed by atoms with Gasteiger partial charge in [0.2, 0.25) is 17.8 Å². The normalized spacial score (nSPS) is 22.4. The van der Waals surface area contributed by atoms with Crippen LogP contribution >= 0.6 is 0 Å². The van der Waals surface area contributed by atoms with Crippen LogP contribution in [0.25, 0.3) is 17.0 Å². The molecule has 1 N–H and O–H groups in total. The summed E-state index contributed by atoms with van der Waals surface area (Å²) in [6, 6.07) is 10.7. The van der Waals surface area contributed by atoms with E-state index in [9.17, 15) is 14.4 Å². The number of imide groups is 1. The Hall–Kier alpha value is -3.29. The van der Waals surface area contributed by atoms with E-state index in [1.165, 1.54) is 6.07 Å². The largest absolute Gasteiger partial charge is 0.274 e. The molecule has 1 saturated heterocycles. The first-order valence-corrected chi connectivity index (χ1v) is 9.06. The predicted molar refractivity (Wildman–Crippen MR) is 97.0 cm³/mol. The van der Waals surface area contributed by atoms with Crippen LogP contribution in [0.3, 0.4) is 0 Å². The molecule has 0 spiro atoms. The van der Waals surface area contributed by atoms with Crippen LogP contribution < -0.4 is 10.5 Å². The first-order chi connectivity index (χ1) is 13.1. The molecule has 0 bridgehead atoms. The van der Waals surface area contributed by atoms with E-state index in [1.807, 2.05) is 30.3 Å². The lowest BCUT2D eigenvalue weighted by molar-refractivity contribution is -0.122. The van der Waals surface area contributed by atoms with Gasteiger partial charge in [-0.2, -0.15) is 9.50 Å². The molecule has 2 fully saturated rings. The fourth-order valence-electron chi connectivity index (χ4n) is 4.10. The van der Waals surface area contributed by atoms with Crippen molar-refractivity contribution in [1.29, 1.82) is 0 Å². The van der Waals surface area contributed by atoms with Gasteiger partial charge in [0.1, 0.15) is 0 Å². The summed E-state index contributed by atoms with van der Waals surface area (Å²) in [6.45, 7) is 0. The van der Waals surface area contributed by atoms with Gasteiger partial charge in [-0.3, -0.25) is 19.5 Å². The van der Waals surface area contributed by atoms with E-state index in [1.54, 1.807) is 0 Å². The monoisotopic (exact) mass is 363 g/mol. The van der Waals surface area contributed by atoms with Crippen molar-refractivity contribution < 1.29 is 9.59 Å². The molecular formula is C19H17N5O3. The average Bonchev–Trinajstić information content (AvgIpc) is 3.22. The van der Waals surface area contributed by atoms with Gasteiger partial charge in [-0.1, -0.05) is 43.2 Å². The number of carbonyl (C=O) groups excluding carboxylic acids is 2. The summed E-state index contributed by atoms with van der Waals surface area (Å²) >= 11 is 0. The van der Waals surface area contributed by atoms with E-state index in [-0.39, 0.29) is 40.9 Å². The third-order valence-electron chi connectivity index (χ3n) is 5.44. The number of nitrogens with one attached hydrogen (secondary N) is 1. The first-order valence-electron chi connectivity index (χ1n) is 9.06. The molecule has 136 valence electrons. The molecule has 2 aromatic heterocycles. The number of carbonyl (C=O) groups is 2. The van der Waals surface area contributed by atoms with Gasteiger partial charge in [-0.15, -0.1) is 0 Å². The van der Waals surface area contributed by atoms with Crippen molar-refractivity contribution in [3.8, 4) is 11.3 Å². The topological polar surface area (TPSA) is 100 Å². The summed E-state index contributed by atoms with van der Waals surface area (Å²) in [4.78, 5) is 47.7. The quantitative estimate of drug-likeness (QED) is 0.699. The van der Waals surface area contributed by atoms with E-state index in [0.29, 0.717) is 5.69 Å². The predicted octanol–water partition coefficient (Wildman–Crippen LogP) is 1.76. The highest BCUT2D eigenvalue weighted by Crippen LogP contribution is 2.39. The van der Waals surface area contributed by atoms with E-state index >= 15 is 0 Å². The van der Waals surface area contributed by atoms with Crippen molar-refractivity contribution in [3.63, 3.8) is 0 Å². The maximum absolute atomic E-state index is 12.7. The number of anilines is 1. The van der Waals surface area contributed by atoms with E-state index in [0.717, 1.165) is 40.7 Å². The van der Waals surface area contributed by atoms with Gasteiger partial charge >= 0.3 is 0 Å². The maximum atomic E-state index is 12.7. The van der Waals surface area contributed by atoms with Crippen molar-refractivity contribution in [3.05, 3.63) is 46.8 Å². The molecule has 0 radical (unpaired) electrons. The zero-order valence-corrected chi connectivity index (χ0v) is 14.5. The molecule has 1 saturated carbocycles. The van der Waals surface area contributed by atoms with Crippen molar-refractivity contribution in [2.45, 2.75) is 25.7 Å². The number of amides is 2. The van der Waals surface area contributed by atoms with Gasteiger partial charge in [0.05, 0.1) is 17.5 Å². The Balaban J connectivity index is 1.59. The fraction of sp³-hybridized carbons (Fsp3) is 0.316. The molecule has 3 heterocycles. The Labute approximate surface area is 153 Å². The summed E-state index contributed by atoms with van der Waals surface area (Å²) in [5.41, 5.74) is 0.932. The third kappa shape index (κ3) is 2.40. The number of nitrogens with zero attached hydrogens (tertiary/aromatic N) is 4. The van der Waals surface area contributed by atoms with Crippen molar-refractivity contribution in [2.75, 3.05) is 4.90 Å². The van der Waals surface area contributed by atoms with Crippen LogP contribution in [0.5, 0.6) is 0 Å². The molecule has 3 aromatic rings. The molecule has 1 aliphatic heterocycles. The average molecular weight is 363 g/mol. The van der Waals surface area contributed by atoms with Crippen LogP contribution in [0.4, 0.5) is 5.95 Å². The second-order valence-electron chi connectivity index (χ2n) is 7.04. The molecular weight excluding hydrogens is 346 g/mol. The lowest BCUT2D eigenvalue weighted by atomic mass is 9.81. The highest BCUT2D eigenvalue weighted by Gasteiger charge is 2.49. The molecule has 1 aromatic carbocycles. The van der Waals surface area contributed by atoms with Crippen LogP contribution in [0.1, 0.15) is 25.7 Å². The van der Waals surface area contributed by atoms with Crippen LogP contribution in [-0.4, -0.2) is 31.4 Å². The molecule has 8 nitrogen and oxygen atoms in total. The van der Waals surface area contributed by atoms with E-state index < -0.39 is 0 Å². The molecule has 2 amide bonds. The second kappa shape index (κ2) is 5.87. The standard InChI is InChI=1S/C19H17N5O3/c25-15-10-14(11-6-2-1-3-7-11)20-18-21-19(22-24(15)18)23-16(26)12-8-4-5-9-13(12)17(23)27/h1-3,6-7,10,12-13H,4-5,8-9H2,(H,20,21,22)/t12-,13-/m0/s1. The van der Waals surface area contributed by atoms with Crippen LogP contribution in [0.15, 0.2) is 41.2 Å². The Morgan fingerprint density at radius 3 is 2.26 bits per heavy atom. The van der Waals surface area contributed by atoms with Crippen LogP contribution in [0, 0.1) is 11.8 Å². The zero-order chi connectivity index (χ0) is 18.5. The fourth-order valence-corrected chi connectivity index (χ4v) is 4.10. The Bertz CT molecular complexity index is 1090. The highest BCUT2D eigenvalue weighted by atomic mass is 16.2. The summed E-state index contributed by atoms with van der Waals surface area (Å²) in [5.74, 6) is -0.825. The van der Waals surface area contributed by atoms with E-state index in [4.69, 9.17) is 0 Å². The summed E-state index contributed by atoms with van der Waals surface area (Å²) in [6.07, 6.45) is 3.36. The van der Waals surface area contributed by atoms with Gasteiger partial charge in [-0.05, 0) is 12.8 Å². The van der Waals surface area contributed by atoms with Crippen molar-refractivity contribution in [1.82, 2.24) is 19.6 Å².